The van der Waals surface area contributed by atoms with Gasteiger partial charge in [0.25, 0.3) is 0 Å². The molecule has 0 saturated heterocycles. The average Bonchev–Trinajstić information content (AvgIpc) is 3.27. The molecule has 0 bridgehead atoms. The summed E-state index contributed by atoms with van der Waals surface area (Å²) in [5.74, 6) is 0.905. The Hall–Kier alpha value is -2.66. The first-order chi connectivity index (χ1) is 12.7. The second-order valence-corrected chi connectivity index (χ2v) is 6.59. The second kappa shape index (κ2) is 7.30. The number of para-hydroxylation sites is 1. The van der Waals surface area contributed by atoms with E-state index >= 15 is 0 Å². The molecule has 1 aliphatic rings. The molecular formula is C20H18ClNO4. The number of fused-ring (bicyclic) bond motifs is 2. The molecule has 3 aromatic rings. The Morgan fingerprint density at radius 1 is 1.23 bits per heavy atom. The van der Waals surface area contributed by atoms with Crippen LogP contribution >= 0.6 is 11.6 Å². The number of esters is 1. The van der Waals surface area contributed by atoms with Crippen molar-refractivity contribution in [2.24, 2.45) is 0 Å². The predicted molar refractivity (Wildman–Crippen MR) is 98.6 cm³/mol. The van der Waals surface area contributed by atoms with Crippen molar-refractivity contribution in [1.29, 1.82) is 0 Å². The fraction of sp³-hybridized carbons (Fsp3) is 0.250. The van der Waals surface area contributed by atoms with Gasteiger partial charge in [-0.3, -0.25) is 4.79 Å². The summed E-state index contributed by atoms with van der Waals surface area (Å²) in [5, 5.41) is 1.67. The third-order valence-corrected chi connectivity index (χ3v) is 4.67. The summed E-state index contributed by atoms with van der Waals surface area (Å²) in [7, 11) is 0. The number of aromatic amines is 1. The zero-order valence-corrected chi connectivity index (χ0v) is 14.8. The first-order valence-corrected chi connectivity index (χ1v) is 8.87. The number of nitrogens with one attached hydrogen (secondary N) is 1. The maximum absolute atomic E-state index is 12.0. The number of hydrogen-bond acceptors (Lipinski definition) is 4. The maximum atomic E-state index is 12.0. The van der Waals surface area contributed by atoms with Gasteiger partial charge >= 0.3 is 5.97 Å². The number of H-pyrrole nitrogens is 1. The van der Waals surface area contributed by atoms with Crippen LogP contribution in [0.2, 0.25) is 5.02 Å². The van der Waals surface area contributed by atoms with E-state index in [2.05, 4.69) is 11.1 Å². The van der Waals surface area contributed by atoms with Crippen molar-refractivity contribution in [3.8, 4) is 11.5 Å². The number of carbonyl (C=O) groups excluding carboxylic acids is 1. The molecule has 0 atom stereocenters. The van der Waals surface area contributed by atoms with Crippen molar-refractivity contribution >= 4 is 28.5 Å². The SMILES string of the molecule is O=C(CCCc1c[nH]c2ccccc12)OCc1cc(Cl)c2c(c1)OCO2. The number of rotatable bonds is 6. The Bertz CT molecular complexity index is 950. The summed E-state index contributed by atoms with van der Waals surface area (Å²) in [5.41, 5.74) is 3.12. The van der Waals surface area contributed by atoms with Crippen LogP contribution in [0, 0.1) is 0 Å². The van der Waals surface area contributed by atoms with Crippen LogP contribution in [0.5, 0.6) is 11.5 Å². The lowest BCUT2D eigenvalue weighted by molar-refractivity contribution is -0.145. The maximum Gasteiger partial charge on any atom is 0.306 e. The third kappa shape index (κ3) is 3.48. The minimum atomic E-state index is -0.223. The van der Waals surface area contributed by atoms with Gasteiger partial charge in [-0.15, -0.1) is 0 Å². The van der Waals surface area contributed by atoms with Gasteiger partial charge < -0.3 is 19.2 Å². The van der Waals surface area contributed by atoms with Crippen molar-refractivity contribution in [2.45, 2.75) is 25.9 Å². The van der Waals surface area contributed by atoms with E-state index in [-0.39, 0.29) is 19.4 Å². The smallest absolute Gasteiger partial charge is 0.306 e. The van der Waals surface area contributed by atoms with Crippen LogP contribution in [0.1, 0.15) is 24.0 Å². The highest BCUT2D eigenvalue weighted by atomic mass is 35.5. The molecule has 0 radical (unpaired) electrons. The molecule has 1 aliphatic heterocycles. The van der Waals surface area contributed by atoms with Crippen LogP contribution in [-0.2, 0) is 22.6 Å². The van der Waals surface area contributed by atoms with Gasteiger partial charge in [0, 0.05) is 23.5 Å². The number of ether oxygens (including phenoxy) is 3. The molecule has 26 heavy (non-hydrogen) atoms. The zero-order chi connectivity index (χ0) is 17.9. The number of aromatic nitrogens is 1. The lowest BCUT2D eigenvalue weighted by Gasteiger charge is -2.07. The van der Waals surface area contributed by atoms with Gasteiger partial charge in [0.2, 0.25) is 6.79 Å². The molecule has 134 valence electrons. The Morgan fingerprint density at radius 2 is 2.12 bits per heavy atom. The number of carbonyl (C=O) groups is 1. The van der Waals surface area contributed by atoms with Gasteiger partial charge in [-0.2, -0.15) is 0 Å². The fourth-order valence-electron chi connectivity index (χ4n) is 3.10. The van der Waals surface area contributed by atoms with Crippen LogP contribution in [0.3, 0.4) is 0 Å². The number of halogens is 1. The molecule has 5 nitrogen and oxygen atoms in total. The largest absolute Gasteiger partial charge is 0.461 e. The van der Waals surface area contributed by atoms with E-state index in [1.54, 1.807) is 12.1 Å². The highest BCUT2D eigenvalue weighted by Gasteiger charge is 2.18. The summed E-state index contributed by atoms with van der Waals surface area (Å²) < 4.78 is 15.9. The number of aryl methyl sites for hydroxylation is 1. The van der Waals surface area contributed by atoms with Crippen LogP contribution in [0.15, 0.2) is 42.6 Å². The summed E-state index contributed by atoms with van der Waals surface area (Å²) in [4.78, 5) is 15.3. The van der Waals surface area contributed by atoms with Gasteiger partial charge in [0.05, 0.1) is 5.02 Å². The highest BCUT2D eigenvalue weighted by Crippen LogP contribution is 2.39. The molecule has 0 aliphatic carbocycles. The van der Waals surface area contributed by atoms with Crippen LogP contribution < -0.4 is 9.47 Å². The minimum Gasteiger partial charge on any atom is -0.461 e. The lowest BCUT2D eigenvalue weighted by atomic mass is 10.1. The molecule has 6 heteroatoms. The summed E-state index contributed by atoms with van der Waals surface area (Å²) in [6.07, 6.45) is 3.94. The summed E-state index contributed by atoms with van der Waals surface area (Å²) in [6.45, 7) is 0.328. The molecule has 1 N–H and O–H groups in total. The van der Waals surface area contributed by atoms with E-state index in [9.17, 15) is 4.79 Å². The molecule has 4 rings (SSSR count). The molecular weight excluding hydrogens is 354 g/mol. The summed E-state index contributed by atoms with van der Waals surface area (Å²) >= 11 is 6.13. The minimum absolute atomic E-state index is 0.159. The third-order valence-electron chi connectivity index (χ3n) is 4.39. The second-order valence-electron chi connectivity index (χ2n) is 6.19. The van der Waals surface area contributed by atoms with E-state index in [4.69, 9.17) is 25.8 Å². The van der Waals surface area contributed by atoms with Crippen LogP contribution in [0.25, 0.3) is 10.9 Å². The van der Waals surface area contributed by atoms with Gasteiger partial charge in [-0.1, -0.05) is 29.8 Å². The van der Waals surface area contributed by atoms with Crippen molar-refractivity contribution in [2.75, 3.05) is 6.79 Å². The Kier molecular flexibility index (Phi) is 4.71. The Morgan fingerprint density at radius 3 is 3.04 bits per heavy atom. The molecule has 2 heterocycles. The molecule has 0 saturated carbocycles. The fourth-order valence-corrected chi connectivity index (χ4v) is 3.39. The zero-order valence-electron chi connectivity index (χ0n) is 14.1. The number of benzene rings is 2. The molecule has 0 spiro atoms. The molecule has 0 amide bonds. The average molecular weight is 372 g/mol. The van der Waals surface area contributed by atoms with E-state index < -0.39 is 0 Å². The monoisotopic (exact) mass is 371 g/mol. The van der Waals surface area contributed by atoms with E-state index in [1.807, 2.05) is 24.4 Å². The predicted octanol–water partition coefficient (Wildman–Crippen LogP) is 4.62. The quantitative estimate of drug-likeness (QED) is 0.642. The standard InChI is InChI=1S/C20H18ClNO4/c21-16-8-13(9-18-20(16)26-12-25-18)11-24-19(23)7-3-4-14-10-22-17-6-2-1-5-15(14)17/h1-2,5-6,8-10,22H,3-4,7,11-12H2. The van der Waals surface area contributed by atoms with Crippen LogP contribution in [0.4, 0.5) is 0 Å². The molecule has 0 fully saturated rings. The van der Waals surface area contributed by atoms with Gasteiger partial charge in [0.1, 0.15) is 6.61 Å². The number of hydrogen-bond donors (Lipinski definition) is 1. The first kappa shape index (κ1) is 16.8. The molecule has 1 aromatic heterocycles. The Labute approximate surface area is 155 Å². The molecule has 2 aromatic carbocycles. The lowest BCUT2D eigenvalue weighted by Crippen LogP contribution is -2.05. The van der Waals surface area contributed by atoms with E-state index in [0.29, 0.717) is 22.9 Å². The van der Waals surface area contributed by atoms with Crippen molar-refractivity contribution in [3.63, 3.8) is 0 Å². The van der Waals surface area contributed by atoms with E-state index in [0.717, 1.165) is 23.9 Å². The normalized spacial score (nSPS) is 12.5. The van der Waals surface area contributed by atoms with Crippen molar-refractivity contribution in [3.05, 3.63) is 58.7 Å². The summed E-state index contributed by atoms with van der Waals surface area (Å²) in [6, 6.07) is 11.7. The highest BCUT2D eigenvalue weighted by molar-refractivity contribution is 6.32. The topological polar surface area (TPSA) is 60.6 Å². The van der Waals surface area contributed by atoms with Crippen molar-refractivity contribution in [1.82, 2.24) is 4.98 Å². The van der Waals surface area contributed by atoms with Gasteiger partial charge in [-0.05, 0) is 42.2 Å². The van der Waals surface area contributed by atoms with Crippen LogP contribution in [-0.4, -0.2) is 17.7 Å². The van der Waals surface area contributed by atoms with Gasteiger partial charge in [-0.25, -0.2) is 0 Å². The first-order valence-electron chi connectivity index (χ1n) is 8.49. The Balaban J connectivity index is 1.28. The van der Waals surface area contributed by atoms with E-state index in [1.165, 1.54) is 10.9 Å². The van der Waals surface area contributed by atoms with Gasteiger partial charge in [0.15, 0.2) is 11.5 Å². The molecule has 0 unspecified atom stereocenters. The van der Waals surface area contributed by atoms with Crippen molar-refractivity contribution < 1.29 is 19.0 Å².